The SMILES string of the molecule is Oc1ccc(C2C3=C(NN2c2ccccc2)c2ccc(O)cc2CC3)cc1. The molecule has 1 unspecified atom stereocenters. The molecular formula is C23H20N2O2. The molecule has 3 aromatic carbocycles. The van der Waals surface area contributed by atoms with E-state index in [1.165, 1.54) is 11.1 Å². The lowest BCUT2D eigenvalue weighted by atomic mass is 9.85. The zero-order chi connectivity index (χ0) is 18.4. The van der Waals surface area contributed by atoms with Gasteiger partial charge in [-0.2, -0.15) is 0 Å². The maximum absolute atomic E-state index is 9.84. The molecule has 5 rings (SSSR count). The van der Waals surface area contributed by atoms with Crippen molar-refractivity contribution >= 4 is 11.4 Å². The molecule has 0 fully saturated rings. The standard InChI is InChI=1S/C23H20N2O2/c26-18-9-6-15(7-10-18)23-21-12-8-16-14-19(27)11-13-20(16)22(21)24-25(23)17-4-2-1-3-5-17/h1-7,9-11,13-14,23-24,26-27H,8,12H2. The molecule has 3 N–H and O–H groups in total. The zero-order valence-electron chi connectivity index (χ0n) is 14.8. The number of rotatable bonds is 2. The predicted octanol–water partition coefficient (Wildman–Crippen LogP) is 4.52. The van der Waals surface area contributed by atoms with Crippen LogP contribution < -0.4 is 10.4 Å². The predicted molar refractivity (Wildman–Crippen MR) is 106 cm³/mol. The van der Waals surface area contributed by atoms with Gasteiger partial charge in [-0.15, -0.1) is 0 Å². The number of fused-ring (bicyclic) bond motifs is 2. The fourth-order valence-corrected chi connectivity index (χ4v) is 4.15. The summed E-state index contributed by atoms with van der Waals surface area (Å²) in [5.41, 5.74) is 10.6. The largest absolute Gasteiger partial charge is 0.508 e. The van der Waals surface area contributed by atoms with E-state index < -0.39 is 0 Å². The normalized spacial score (nSPS) is 18.1. The van der Waals surface area contributed by atoms with Crippen LogP contribution in [0.5, 0.6) is 11.5 Å². The van der Waals surface area contributed by atoms with Gasteiger partial charge < -0.3 is 10.2 Å². The molecule has 0 saturated heterocycles. The summed E-state index contributed by atoms with van der Waals surface area (Å²) in [6, 6.07) is 23.4. The molecule has 1 aliphatic heterocycles. The van der Waals surface area contributed by atoms with Crippen LogP contribution >= 0.6 is 0 Å². The van der Waals surface area contributed by atoms with Crippen LogP contribution in [0.1, 0.15) is 29.2 Å². The third-order valence-electron chi connectivity index (χ3n) is 5.41. The van der Waals surface area contributed by atoms with Gasteiger partial charge in [0.15, 0.2) is 0 Å². The Morgan fingerprint density at radius 2 is 1.56 bits per heavy atom. The van der Waals surface area contributed by atoms with Gasteiger partial charge in [-0.25, -0.2) is 0 Å². The highest BCUT2D eigenvalue weighted by Crippen LogP contribution is 2.46. The first-order valence-corrected chi connectivity index (χ1v) is 9.16. The Morgan fingerprint density at radius 1 is 0.815 bits per heavy atom. The summed E-state index contributed by atoms with van der Waals surface area (Å²) in [5.74, 6) is 0.584. The van der Waals surface area contributed by atoms with Crippen LogP contribution in [0.2, 0.25) is 0 Å². The lowest BCUT2D eigenvalue weighted by Gasteiger charge is -2.29. The fraction of sp³-hybridized carbons (Fsp3) is 0.130. The number of aromatic hydroxyl groups is 2. The second-order valence-electron chi connectivity index (χ2n) is 7.05. The Labute approximate surface area is 158 Å². The van der Waals surface area contributed by atoms with Crippen LogP contribution in [0, 0.1) is 0 Å². The molecule has 2 aliphatic rings. The topological polar surface area (TPSA) is 55.7 Å². The van der Waals surface area contributed by atoms with E-state index in [1.54, 1.807) is 18.2 Å². The lowest BCUT2D eigenvalue weighted by Crippen LogP contribution is -2.34. The van der Waals surface area contributed by atoms with Crippen molar-refractivity contribution in [2.75, 3.05) is 5.01 Å². The van der Waals surface area contributed by atoms with Gasteiger partial charge in [0.25, 0.3) is 0 Å². The first-order valence-electron chi connectivity index (χ1n) is 9.16. The van der Waals surface area contributed by atoms with Gasteiger partial charge >= 0.3 is 0 Å². The second-order valence-corrected chi connectivity index (χ2v) is 7.05. The molecule has 134 valence electrons. The number of hydrogen-bond donors (Lipinski definition) is 3. The minimum absolute atomic E-state index is 0.0601. The summed E-state index contributed by atoms with van der Waals surface area (Å²) < 4.78 is 0. The number of hydrazine groups is 1. The first-order chi connectivity index (χ1) is 13.2. The number of hydrogen-bond acceptors (Lipinski definition) is 4. The van der Waals surface area contributed by atoms with Crippen LogP contribution in [0.15, 0.2) is 78.4 Å². The second kappa shape index (κ2) is 6.09. The monoisotopic (exact) mass is 356 g/mol. The van der Waals surface area contributed by atoms with E-state index in [0.717, 1.165) is 35.4 Å². The molecule has 4 heteroatoms. The summed E-state index contributed by atoms with van der Waals surface area (Å²) in [5, 5.41) is 21.7. The van der Waals surface area contributed by atoms with Gasteiger partial charge in [0.05, 0.1) is 17.4 Å². The highest BCUT2D eigenvalue weighted by atomic mass is 16.3. The van der Waals surface area contributed by atoms with Crippen molar-refractivity contribution in [1.29, 1.82) is 0 Å². The van der Waals surface area contributed by atoms with Crippen molar-refractivity contribution in [3.63, 3.8) is 0 Å². The Hall–Kier alpha value is -3.40. The maximum atomic E-state index is 9.84. The van der Waals surface area contributed by atoms with E-state index in [-0.39, 0.29) is 11.8 Å². The number of phenolic OH excluding ortho intramolecular Hbond substituents is 2. The van der Waals surface area contributed by atoms with Crippen LogP contribution in [0.25, 0.3) is 5.70 Å². The number of para-hydroxylation sites is 1. The highest BCUT2D eigenvalue weighted by molar-refractivity contribution is 5.79. The molecule has 1 heterocycles. The molecule has 0 amide bonds. The molecule has 0 aromatic heterocycles. The lowest BCUT2D eigenvalue weighted by molar-refractivity contribution is 0.474. The van der Waals surface area contributed by atoms with E-state index in [2.05, 4.69) is 22.6 Å². The molecule has 0 spiro atoms. The van der Waals surface area contributed by atoms with Gasteiger partial charge in [0.2, 0.25) is 0 Å². The van der Waals surface area contributed by atoms with Crippen molar-refractivity contribution in [3.05, 3.63) is 95.1 Å². The molecule has 4 nitrogen and oxygen atoms in total. The Morgan fingerprint density at radius 3 is 2.33 bits per heavy atom. The smallest absolute Gasteiger partial charge is 0.115 e. The number of nitrogens with zero attached hydrogens (tertiary/aromatic N) is 1. The minimum Gasteiger partial charge on any atom is -0.508 e. The van der Waals surface area contributed by atoms with Crippen molar-refractivity contribution in [2.45, 2.75) is 18.9 Å². The van der Waals surface area contributed by atoms with E-state index in [4.69, 9.17) is 0 Å². The number of phenols is 2. The van der Waals surface area contributed by atoms with Crippen molar-refractivity contribution < 1.29 is 10.2 Å². The third kappa shape index (κ3) is 2.61. The summed E-state index contributed by atoms with van der Waals surface area (Å²) in [6.45, 7) is 0. The summed E-state index contributed by atoms with van der Waals surface area (Å²) in [7, 11) is 0. The minimum atomic E-state index is 0.0601. The van der Waals surface area contributed by atoms with Gasteiger partial charge in [-0.1, -0.05) is 30.3 Å². The molecule has 1 atom stereocenters. The average Bonchev–Trinajstić information content (AvgIpc) is 3.09. The van der Waals surface area contributed by atoms with Crippen molar-refractivity contribution in [3.8, 4) is 11.5 Å². The summed E-state index contributed by atoms with van der Waals surface area (Å²) >= 11 is 0. The Kier molecular flexibility index (Phi) is 3.57. The van der Waals surface area contributed by atoms with Crippen LogP contribution in [0.4, 0.5) is 5.69 Å². The number of benzene rings is 3. The molecule has 0 saturated carbocycles. The zero-order valence-corrected chi connectivity index (χ0v) is 14.8. The van der Waals surface area contributed by atoms with Crippen molar-refractivity contribution in [1.82, 2.24) is 5.43 Å². The summed E-state index contributed by atoms with van der Waals surface area (Å²) in [4.78, 5) is 0. The number of aryl methyl sites for hydroxylation is 1. The molecular weight excluding hydrogens is 336 g/mol. The molecule has 27 heavy (non-hydrogen) atoms. The number of nitrogens with one attached hydrogen (secondary N) is 1. The Bertz CT molecular complexity index is 1030. The molecule has 3 aromatic rings. The quantitative estimate of drug-likeness (QED) is 0.632. The van der Waals surface area contributed by atoms with Gasteiger partial charge in [-0.3, -0.25) is 10.4 Å². The highest BCUT2D eigenvalue weighted by Gasteiger charge is 2.37. The first kappa shape index (κ1) is 15.8. The van der Waals surface area contributed by atoms with Crippen molar-refractivity contribution in [2.24, 2.45) is 0 Å². The average molecular weight is 356 g/mol. The van der Waals surface area contributed by atoms with Gasteiger partial charge in [0, 0.05) is 5.56 Å². The Balaban J connectivity index is 1.65. The van der Waals surface area contributed by atoms with Crippen LogP contribution in [-0.4, -0.2) is 10.2 Å². The van der Waals surface area contributed by atoms with E-state index in [9.17, 15) is 10.2 Å². The van der Waals surface area contributed by atoms with E-state index >= 15 is 0 Å². The van der Waals surface area contributed by atoms with Crippen LogP contribution in [-0.2, 0) is 6.42 Å². The van der Waals surface area contributed by atoms with Crippen LogP contribution in [0.3, 0.4) is 0 Å². The van der Waals surface area contributed by atoms with E-state index in [0.29, 0.717) is 5.75 Å². The van der Waals surface area contributed by atoms with Gasteiger partial charge in [0.1, 0.15) is 11.5 Å². The molecule has 0 bridgehead atoms. The fourth-order valence-electron chi connectivity index (χ4n) is 4.15. The number of anilines is 1. The molecule has 1 aliphatic carbocycles. The van der Waals surface area contributed by atoms with E-state index in [1.807, 2.05) is 42.5 Å². The van der Waals surface area contributed by atoms with Gasteiger partial charge in [-0.05, 0) is 72.0 Å². The maximum Gasteiger partial charge on any atom is 0.115 e. The summed E-state index contributed by atoms with van der Waals surface area (Å²) in [6.07, 6.45) is 1.83. The third-order valence-corrected chi connectivity index (χ3v) is 5.41. The molecule has 0 radical (unpaired) electrons.